The van der Waals surface area contributed by atoms with E-state index >= 15 is 0 Å². The number of hydrogen-bond donors (Lipinski definition) is 1. The van der Waals surface area contributed by atoms with Crippen molar-refractivity contribution < 1.29 is 23.6 Å². The fourth-order valence-corrected chi connectivity index (χ4v) is 4.49. The molecule has 1 amide bonds. The molecule has 0 unspecified atom stereocenters. The molecule has 38 heavy (non-hydrogen) atoms. The van der Waals surface area contributed by atoms with Gasteiger partial charge in [-0.1, -0.05) is 36.4 Å². The van der Waals surface area contributed by atoms with Crippen molar-refractivity contribution in [2.75, 3.05) is 7.11 Å². The third-order valence-corrected chi connectivity index (χ3v) is 6.35. The number of carbonyl (C=O) groups is 1. The number of non-ortho nitro benzene ring substituents is 1. The van der Waals surface area contributed by atoms with Gasteiger partial charge in [0.25, 0.3) is 5.69 Å². The first-order valence-corrected chi connectivity index (χ1v) is 12.2. The number of amides is 1. The third kappa shape index (κ3) is 5.35. The second kappa shape index (κ2) is 10.7. The van der Waals surface area contributed by atoms with Crippen LogP contribution in [0.4, 0.5) is 5.69 Å². The van der Waals surface area contributed by atoms with Gasteiger partial charge in [0, 0.05) is 17.5 Å². The fourth-order valence-electron chi connectivity index (χ4n) is 3.92. The van der Waals surface area contributed by atoms with Gasteiger partial charge in [0.2, 0.25) is 0 Å². The van der Waals surface area contributed by atoms with Gasteiger partial charge in [-0.25, -0.2) is 5.43 Å². The summed E-state index contributed by atoms with van der Waals surface area (Å²) in [4.78, 5) is 22.9. The SMILES string of the molecule is COc1cc(/C=N/NC(=O)c2cc3cc([N+](=O)[O-])ccc3o2)cc(Br)c1OCc1ccc2ccccc2c1. The molecule has 0 aliphatic heterocycles. The molecule has 0 atom stereocenters. The first-order valence-electron chi connectivity index (χ1n) is 11.4. The van der Waals surface area contributed by atoms with Crippen LogP contribution in [0.1, 0.15) is 21.7 Å². The lowest BCUT2D eigenvalue weighted by Crippen LogP contribution is -2.16. The third-order valence-electron chi connectivity index (χ3n) is 5.76. The second-order valence-electron chi connectivity index (χ2n) is 8.29. The van der Waals surface area contributed by atoms with Gasteiger partial charge in [0.05, 0.1) is 22.7 Å². The molecule has 0 bridgehead atoms. The molecule has 1 aromatic heterocycles. The lowest BCUT2D eigenvalue weighted by atomic mass is 10.1. The number of nitro groups is 1. The summed E-state index contributed by atoms with van der Waals surface area (Å²) < 4.78 is 17.7. The van der Waals surface area contributed by atoms with Crippen molar-refractivity contribution in [3.8, 4) is 11.5 Å². The topological polar surface area (TPSA) is 116 Å². The molecule has 5 rings (SSSR count). The first-order chi connectivity index (χ1) is 18.4. The summed E-state index contributed by atoms with van der Waals surface area (Å²) in [5.41, 5.74) is 4.33. The number of benzene rings is 4. The van der Waals surface area contributed by atoms with Crippen LogP contribution in [0.5, 0.6) is 11.5 Å². The van der Waals surface area contributed by atoms with Crippen molar-refractivity contribution in [2.45, 2.75) is 6.61 Å². The summed E-state index contributed by atoms with van der Waals surface area (Å²) in [6, 6.07) is 23.3. The normalized spacial score (nSPS) is 11.2. The number of ether oxygens (including phenoxy) is 2. The van der Waals surface area contributed by atoms with Gasteiger partial charge in [0.15, 0.2) is 17.3 Å². The van der Waals surface area contributed by atoms with Gasteiger partial charge < -0.3 is 13.9 Å². The van der Waals surface area contributed by atoms with E-state index in [2.05, 4.69) is 50.7 Å². The first kappa shape index (κ1) is 25.0. The molecule has 0 fully saturated rings. The van der Waals surface area contributed by atoms with Gasteiger partial charge >= 0.3 is 5.91 Å². The Labute approximate surface area is 224 Å². The maximum atomic E-state index is 12.5. The lowest BCUT2D eigenvalue weighted by Gasteiger charge is -2.14. The Morgan fingerprint density at radius 1 is 1.05 bits per heavy atom. The molecule has 1 heterocycles. The number of halogens is 1. The summed E-state index contributed by atoms with van der Waals surface area (Å²) in [7, 11) is 1.54. The standard InChI is InChI=1S/C28H20BrN3O6/c1-36-25-12-18(11-23(29)27(25)37-16-17-6-7-19-4-2-3-5-20(19)10-17)15-30-31-28(33)26-14-21-13-22(32(34)35)8-9-24(21)38-26/h2-15H,16H2,1H3,(H,31,33)/b30-15+. The number of nitrogens with one attached hydrogen (secondary N) is 1. The molecule has 0 saturated heterocycles. The van der Waals surface area contributed by atoms with Crippen LogP contribution in [0.15, 0.2) is 92.9 Å². The number of methoxy groups -OCH3 is 1. The van der Waals surface area contributed by atoms with Crippen molar-refractivity contribution in [1.29, 1.82) is 0 Å². The molecule has 0 radical (unpaired) electrons. The van der Waals surface area contributed by atoms with Crippen LogP contribution in [0.3, 0.4) is 0 Å². The number of rotatable bonds is 8. The van der Waals surface area contributed by atoms with Crippen molar-refractivity contribution in [3.63, 3.8) is 0 Å². The van der Waals surface area contributed by atoms with Gasteiger partial charge in [-0.15, -0.1) is 0 Å². The summed E-state index contributed by atoms with van der Waals surface area (Å²) >= 11 is 3.53. The molecule has 190 valence electrons. The number of nitro benzene ring substituents is 1. The number of hydrazone groups is 1. The highest BCUT2D eigenvalue weighted by Crippen LogP contribution is 2.37. The number of nitrogens with zero attached hydrogens (tertiary/aromatic N) is 2. The van der Waals surface area contributed by atoms with E-state index in [-0.39, 0.29) is 11.4 Å². The zero-order chi connectivity index (χ0) is 26.6. The molecule has 0 aliphatic rings. The van der Waals surface area contributed by atoms with Crippen LogP contribution in [-0.2, 0) is 6.61 Å². The number of hydrogen-bond acceptors (Lipinski definition) is 7. The largest absolute Gasteiger partial charge is 0.493 e. The highest BCUT2D eigenvalue weighted by Gasteiger charge is 2.15. The molecule has 5 aromatic rings. The molecule has 9 nitrogen and oxygen atoms in total. The summed E-state index contributed by atoms with van der Waals surface area (Å²) in [5.74, 6) is 0.417. The molecule has 0 saturated carbocycles. The van der Waals surface area contributed by atoms with Crippen LogP contribution in [0, 0.1) is 10.1 Å². The minimum atomic E-state index is -0.596. The number of fused-ring (bicyclic) bond motifs is 2. The summed E-state index contributed by atoms with van der Waals surface area (Å²) in [5, 5.41) is 17.7. The van der Waals surface area contributed by atoms with Gasteiger partial charge in [-0.2, -0.15) is 5.10 Å². The van der Waals surface area contributed by atoms with E-state index in [1.165, 1.54) is 30.5 Å². The molecule has 0 aliphatic carbocycles. The summed E-state index contributed by atoms with van der Waals surface area (Å²) in [6.07, 6.45) is 1.45. The highest BCUT2D eigenvalue weighted by molar-refractivity contribution is 9.10. The monoisotopic (exact) mass is 573 g/mol. The Balaban J connectivity index is 1.26. The molecule has 1 N–H and O–H groups in total. The van der Waals surface area contributed by atoms with Crippen LogP contribution in [0.2, 0.25) is 0 Å². The van der Waals surface area contributed by atoms with Crippen molar-refractivity contribution in [3.05, 3.63) is 110 Å². The van der Waals surface area contributed by atoms with Crippen LogP contribution in [-0.4, -0.2) is 24.2 Å². The van der Waals surface area contributed by atoms with E-state index in [1.54, 1.807) is 19.2 Å². The fraction of sp³-hybridized carbons (Fsp3) is 0.0714. The molecular formula is C28H20BrN3O6. The average Bonchev–Trinajstić information content (AvgIpc) is 3.36. The Morgan fingerprint density at radius 2 is 1.87 bits per heavy atom. The van der Waals surface area contributed by atoms with E-state index in [9.17, 15) is 14.9 Å². The Kier molecular flexibility index (Phi) is 7.05. The smallest absolute Gasteiger partial charge is 0.307 e. The van der Waals surface area contributed by atoms with Crippen molar-refractivity contribution in [1.82, 2.24) is 5.43 Å². The molecular weight excluding hydrogens is 554 g/mol. The van der Waals surface area contributed by atoms with Crippen LogP contribution >= 0.6 is 15.9 Å². The Morgan fingerprint density at radius 3 is 2.66 bits per heavy atom. The van der Waals surface area contributed by atoms with Crippen molar-refractivity contribution >= 4 is 55.5 Å². The maximum Gasteiger partial charge on any atom is 0.307 e. The van der Waals surface area contributed by atoms with E-state index in [0.29, 0.717) is 39.1 Å². The maximum absolute atomic E-state index is 12.5. The lowest BCUT2D eigenvalue weighted by molar-refractivity contribution is -0.384. The zero-order valence-corrected chi connectivity index (χ0v) is 21.6. The van der Waals surface area contributed by atoms with E-state index < -0.39 is 10.8 Å². The van der Waals surface area contributed by atoms with E-state index in [1.807, 2.05) is 18.2 Å². The van der Waals surface area contributed by atoms with E-state index in [0.717, 1.165) is 16.3 Å². The zero-order valence-electron chi connectivity index (χ0n) is 20.0. The predicted octanol–water partition coefficient (Wildman–Crippen LogP) is 6.61. The number of carbonyl (C=O) groups excluding carboxylic acids is 1. The molecule has 0 spiro atoms. The highest BCUT2D eigenvalue weighted by atomic mass is 79.9. The Hall–Kier alpha value is -4.70. The van der Waals surface area contributed by atoms with Crippen molar-refractivity contribution in [2.24, 2.45) is 5.10 Å². The average molecular weight is 574 g/mol. The van der Waals surface area contributed by atoms with Crippen LogP contribution in [0.25, 0.3) is 21.7 Å². The quantitative estimate of drug-likeness (QED) is 0.127. The summed E-state index contributed by atoms with van der Waals surface area (Å²) in [6.45, 7) is 0.351. The van der Waals surface area contributed by atoms with Gasteiger partial charge in [-0.3, -0.25) is 14.9 Å². The van der Waals surface area contributed by atoms with E-state index in [4.69, 9.17) is 13.9 Å². The minimum Gasteiger partial charge on any atom is -0.493 e. The molecule has 4 aromatic carbocycles. The van der Waals surface area contributed by atoms with Gasteiger partial charge in [0.1, 0.15) is 12.2 Å². The number of furan rings is 1. The van der Waals surface area contributed by atoms with Gasteiger partial charge in [-0.05, 0) is 68.2 Å². The Bertz CT molecular complexity index is 1710. The second-order valence-corrected chi connectivity index (χ2v) is 9.15. The van der Waals surface area contributed by atoms with Crippen LogP contribution < -0.4 is 14.9 Å². The minimum absolute atomic E-state index is 0.0196. The predicted molar refractivity (Wildman–Crippen MR) is 147 cm³/mol. The molecule has 10 heteroatoms.